The van der Waals surface area contributed by atoms with E-state index in [0.717, 1.165) is 12.1 Å². The van der Waals surface area contributed by atoms with Crippen LogP contribution in [0.3, 0.4) is 0 Å². The van der Waals surface area contributed by atoms with Crippen molar-refractivity contribution in [2.75, 3.05) is 10.5 Å². The summed E-state index contributed by atoms with van der Waals surface area (Å²) in [7, 11) is -5.62. The van der Waals surface area contributed by atoms with E-state index < -0.39 is 21.3 Å². The van der Waals surface area contributed by atoms with Gasteiger partial charge in [0.05, 0.1) is 23.8 Å². The normalized spacial score (nSPS) is 12.0. The maximum Gasteiger partial charge on any atom is 0.516 e. The molecule has 0 saturated carbocycles. The van der Waals surface area contributed by atoms with Crippen LogP contribution in [0.4, 0.5) is 29.1 Å². The number of nitrogens with one attached hydrogen (secondary N) is 1. The van der Waals surface area contributed by atoms with Gasteiger partial charge in [-0.1, -0.05) is 24.3 Å². The number of nitrogens with zero attached hydrogens (tertiary/aromatic N) is 2. The molecule has 0 bridgehead atoms. The van der Waals surface area contributed by atoms with Gasteiger partial charge in [-0.05, 0) is 23.8 Å². The van der Waals surface area contributed by atoms with Crippen LogP contribution in [0.2, 0.25) is 0 Å². The van der Waals surface area contributed by atoms with Crippen molar-refractivity contribution >= 4 is 21.5 Å². The summed E-state index contributed by atoms with van der Waals surface area (Å²) in [5.41, 5.74) is 0.178. The minimum atomic E-state index is -5.62. The van der Waals surface area contributed by atoms with E-state index in [4.69, 9.17) is 5.73 Å². The number of para-hydroxylation sites is 1. The number of nitrogens with two attached hydrogens (primary N) is 1. The first-order chi connectivity index (χ1) is 13.1. The summed E-state index contributed by atoms with van der Waals surface area (Å²) in [5.74, 6) is -0.559. The fourth-order valence-electron chi connectivity index (χ4n) is 2.39. The van der Waals surface area contributed by atoms with E-state index in [1.54, 1.807) is 0 Å². The Balaban J connectivity index is 2.01. The number of hydrogen-bond donors (Lipinski definition) is 2. The second-order valence-electron chi connectivity index (χ2n) is 5.62. The van der Waals surface area contributed by atoms with Crippen LogP contribution in [0.25, 0.3) is 22.4 Å². The molecule has 0 aliphatic rings. The van der Waals surface area contributed by atoms with E-state index in [-0.39, 0.29) is 33.9 Å². The van der Waals surface area contributed by atoms with Crippen molar-refractivity contribution in [2.45, 2.75) is 5.51 Å². The molecule has 0 spiro atoms. The molecule has 3 N–H and O–H groups in total. The number of anilines is 2. The lowest BCUT2D eigenvalue weighted by Gasteiger charge is -2.14. The van der Waals surface area contributed by atoms with Gasteiger partial charge in [0.2, 0.25) is 0 Å². The number of benzene rings is 2. The molecule has 0 saturated heterocycles. The Morgan fingerprint density at radius 3 is 2.29 bits per heavy atom. The molecular weight excluding hydrogens is 400 g/mol. The fourth-order valence-corrected chi connectivity index (χ4v) is 2.98. The van der Waals surface area contributed by atoms with Crippen molar-refractivity contribution in [3.63, 3.8) is 0 Å². The zero-order valence-corrected chi connectivity index (χ0v) is 14.7. The number of aromatic nitrogens is 2. The molecule has 0 atom stereocenters. The molecule has 3 rings (SSSR count). The number of alkyl halides is 3. The highest BCUT2D eigenvalue weighted by molar-refractivity contribution is 7.93. The van der Waals surface area contributed by atoms with Crippen molar-refractivity contribution in [2.24, 2.45) is 0 Å². The number of sulfonamides is 1. The smallest absolute Gasteiger partial charge is 0.382 e. The highest BCUT2D eigenvalue weighted by atomic mass is 32.2. The molecule has 3 aromatic rings. The van der Waals surface area contributed by atoms with Gasteiger partial charge >= 0.3 is 15.5 Å². The van der Waals surface area contributed by atoms with Crippen LogP contribution in [-0.4, -0.2) is 23.9 Å². The maximum atomic E-state index is 14.6. The Hall–Kier alpha value is -3.21. The average molecular weight is 412 g/mol. The number of halogens is 4. The molecule has 0 unspecified atom stereocenters. The van der Waals surface area contributed by atoms with E-state index in [1.165, 1.54) is 47.4 Å². The van der Waals surface area contributed by atoms with Crippen LogP contribution in [0.1, 0.15) is 0 Å². The van der Waals surface area contributed by atoms with Gasteiger partial charge in [-0.15, -0.1) is 0 Å². The molecule has 1 aromatic heterocycles. The summed E-state index contributed by atoms with van der Waals surface area (Å²) in [5, 5.41) is 0. The van der Waals surface area contributed by atoms with Crippen molar-refractivity contribution in [3.05, 3.63) is 60.7 Å². The number of rotatable bonds is 4. The van der Waals surface area contributed by atoms with Gasteiger partial charge in [0, 0.05) is 11.1 Å². The number of hydrogen-bond acceptors (Lipinski definition) is 5. The van der Waals surface area contributed by atoms with Crippen molar-refractivity contribution in [1.29, 1.82) is 0 Å². The maximum absolute atomic E-state index is 14.6. The third kappa shape index (κ3) is 3.88. The molecule has 2 aromatic carbocycles. The Labute approximate surface area is 157 Å². The summed E-state index contributed by atoms with van der Waals surface area (Å²) in [6, 6.07) is 9.21. The average Bonchev–Trinajstić information content (AvgIpc) is 2.62. The molecule has 0 radical (unpaired) electrons. The predicted octanol–water partition coefficient (Wildman–Crippen LogP) is 3.79. The monoisotopic (exact) mass is 412 g/mol. The van der Waals surface area contributed by atoms with Gasteiger partial charge in [0.15, 0.2) is 0 Å². The Kier molecular flexibility index (Phi) is 4.94. The first-order valence-corrected chi connectivity index (χ1v) is 9.13. The lowest BCUT2D eigenvalue weighted by atomic mass is 10.0. The van der Waals surface area contributed by atoms with Crippen molar-refractivity contribution < 1.29 is 26.0 Å². The SMILES string of the molecule is Nc1cnc(-c2ccc(-c3ccccc3NS(=O)(=O)C(F)(F)F)cc2F)cn1. The Morgan fingerprint density at radius 1 is 0.964 bits per heavy atom. The summed E-state index contributed by atoms with van der Waals surface area (Å²) in [4.78, 5) is 7.78. The van der Waals surface area contributed by atoms with Gasteiger partial charge < -0.3 is 5.73 Å². The van der Waals surface area contributed by atoms with E-state index in [0.29, 0.717) is 0 Å². The molecule has 6 nitrogen and oxygen atoms in total. The van der Waals surface area contributed by atoms with Gasteiger partial charge in [-0.2, -0.15) is 21.6 Å². The molecule has 11 heteroatoms. The minimum Gasteiger partial charge on any atom is -0.382 e. The lowest BCUT2D eigenvalue weighted by Crippen LogP contribution is -2.30. The second kappa shape index (κ2) is 7.08. The van der Waals surface area contributed by atoms with Crippen LogP contribution < -0.4 is 10.5 Å². The quantitative estimate of drug-likeness (QED) is 0.636. The Morgan fingerprint density at radius 2 is 1.68 bits per heavy atom. The van der Waals surface area contributed by atoms with Crippen molar-refractivity contribution in [3.8, 4) is 22.4 Å². The summed E-state index contributed by atoms with van der Waals surface area (Å²) < 4.78 is 76.8. The van der Waals surface area contributed by atoms with Crippen LogP contribution in [0, 0.1) is 5.82 Å². The van der Waals surface area contributed by atoms with Crippen molar-refractivity contribution in [1.82, 2.24) is 9.97 Å². The second-order valence-corrected chi connectivity index (χ2v) is 7.29. The highest BCUT2D eigenvalue weighted by Crippen LogP contribution is 2.34. The van der Waals surface area contributed by atoms with Crippen LogP contribution >= 0.6 is 0 Å². The van der Waals surface area contributed by atoms with E-state index in [2.05, 4.69) is 9.97 Å². The Bertz CT molecular complexity index is 1120. The highest BCUT2D eigenvalue weighted by Gasteiger charge is 2.46. The fraction of sp³-hybridized carbons (Fsp3) is 0.0588. The predicted molar refractivity (Wildman–Crippen MR) is 95.9 cm³/mol. The molecule has 0 fully saturated rings. The van der Waals surface area contributed by atoms with E-state index in [1.807, 2.05) is 0 Å². The largest absolute Gasteiger partial charge is 0.516 e. The lowest BCUT2D eigenvalue weighted by molar-refractivity contribution is -0.0429. The van der Waals surface area contributed by atoms with Gasteiger partial charge in [-0.3, -0.25) is 9.71 Å². The topological polar surface area (TPSA) is 98.0 Å². The van der Waals surface area contributed by atoms with Crippen LogP contribution in [0.5, 0.6) is 0 Å². The van der Waals surface area contributed by atoms with Crippen LogP contribution in [0.15, 0.2) is 54.9 Å². The molecule has 28 heavy (non-hydrogen) atoms. The molecule has 146 valence electrons. The zero-order chi connectivity index (χ0) is 20.5. The number of nitrogen functional groups attached to an aromatic ring is 1. The summed E-state index contributed by atoms with van der Waals surface area (Å²) in [6.07, 6.45) is 2.53. The van der Waals surface area contributed by atoms with Gasteiger partial charge in [0.1, 0.15) is 11.6 Å². The van der Waals surface area contributed by atoms with E-state index in [9.17, 15) is 26.0 Å². The third-order valence-corrected chi connectivity index (χ3v) is 4.80. The molecule has 0 aliphatic carbocycles. The molecular formula is C17H12F4N4O2S. The molecule has 0 amide bonds. The molecule has 1 heterocycles. The molecule has 0 aliphatic heterocycles. The summed E-state index contributed by atoms with van der Waals surface area (Å²) in [6.45, 7) is 0. The minimum absolute atomic E-state index is 0.0733. The van der Waals surface area contributed by atoms with Gasteiger partial charge in [-0.25, -0.2) is 9.37 Å². The first kappa shape index (κ1) is 19.5. The van der Waals surface area contributed by atoms with Crippen LogP contribution in [-0.2, 0) is 10.0 Å². The standard InChI is InChI=1S/C17H12F4N4O2S/c18-13-7-10(5-6-12(13)15-8-24-16(22)9-23-15)11-3-1-2-4-14(11)25-28(26,27)17(19,20)21/h1-9,25H,(H2,22,24). The van der Waals surface area contributed by atoms with E-state index >= 15 is 0 Å². The third-order valence-electron chi connectivity index (χ3n) is 3.70. The first-order valence-electron chi connectivity index (χ1n) is 7.64. The summed E-state index contributed by atoms with van der Waals surface area (Å²) >= 11 is 0. The van der Waals surface area contributed by atoms with Gasteiger partial charge in [0.25, 0.3) is 0 Å². The zero-order valence-electron chi connectivity index (χ0n) is 13.9.